The van der Waals surface area contributed by atoms with Crippen molar-refractivity contribution in [2.45, 2.75) is 0 Å². The van der Waals surface area contributed by atoms with Crippen LogP contribution in [0.3, 0.4) is 0 Å². The summed E-state index contributed by atoms with van der Waals surface area (Å²) in [6, 6.07) is 0. The van der Waals surface area contributed by atoms with E-state index in [4.69, 9.17) is 19.2 Å². The molecule has 0 heterocycles. The Bertz CT molecular complexity index is 59.8. The smallest absolute Gasteiger partial charge is 0.303 e. The molecule has 0 amide bonds. The zero-order valence-corrected chi connectivity index (χ0v) is 17.7. The molecule has 0 unspecified atom stereocenters. The fraction of sp³-hybridized carbons (Fsp3) is 0. The van der Waals surface area contributed by atoms with Crippen LogP contribution >= 0.6 is 7.82 Å². The Hall–Kier alpha value is 6.41. The Morgan fingerprint density at radius 2 is 0.700 bits per heavy atom. The van der Waals surface area contributed by atoms with Crippen LogP contribution in [0.4, 0.5) is 0 Å². The number of phosphoric acid groups is 1. The van der Waals surface area contributed by atoms with Gasteiger partial charge in [0.2, 0.25) is 0 Å². The third-order valence-electron chi connectivity index (χ3n) is 0. The maximum atomic E-state index is 8.88. The van der Waals surface area contributed by atoms with Crippen molar-refractivity contribution >= 4 is 197 Å². The molecule has 32 valence electrons. The van der Waals surface area contributed by atoms with Crippen LogP contribution < -0.4 is 0 Å². The minimum Gasteiger partial charge on any atom is -0.303 e. The predicted molar refractivity (Wildman–Crippen MR) is 43.0 cm³/mol. The van der Waals surface area contributed by atoms with E-state index >= 15 is 0 Å². The molecule has 0 rings (SSSR count). The van der Waals surface area contributed by atoms with Crippen molar-refractivity contribution in [3.8, 4) is 0 Å². The van der Waals surface area contributed by atoms with E-state index in [0.717, 1.165) is 0 Å². The van der Waals surface area contributed by atoms with Crippen molar-refractivity contribution in [2.24, 2.45) is 0 Å². The quantitative estimate of drug-likeness (QED) is 0.333. The van der Waals surface area contributed by atoms with Crippen LogP contribution in [-0.4, -0.2) is 203 Å². The molecule has 4 nitrogen and oxygen atoms in total. The molecule has 0 aliphatic heterocycles. The van der Waals surface area contributed by atoms with E-state index in [1.807, 2.05) is 0 Å². The summed E-state index contributed by atoms with van der Waals surface area (Å²) in [6.45, 7) is 0. The van der Waals surface area contributed by atoms with Gasteiger partial charge >= 0.3 is 197 Å². The van der Waals surface area contributed by atoms with E-state index in [0.29, 0.717) is 0 Å². The van der Waals surface area contributed by atoms with Crippen molar-refractivity contribution < 1.29 is 19.2 Å². The van der Waals surface area contributed by atoms with Crippen LogP contribution in [0.2, 0.25) is 0 Å². The summed E-state index contributed by atoms with van der Waals surface area (Å²) in [7, 11) is -4.64. The number of hydrogen-bond acceptors (Lipinski definition) is 1. The topological polar surface area (TPSA) is 77.8 Å². The van der Waals surface area contributed by atoms with Crippen molar-refractivity contribution in [3.05, 3.63) is 0 Å². The van der Waals surface area contributed by atoms with Gasteiger partial charge in [-0.3, -0.25) is 0 Å². The van der Waals surface area contributed by atoms with E-state index < -0.39 is 7.82 Å². The molecule has 0 spiro atoms. The summed E-state index contributed by atoms with van der Waals surface area (Å²) >= 11 is 0. The molecule has 0 saturated heterocycles. The van der Waals surface area contributed by atoms with Crippen molar-refractivity contribution in [1.29, 1.82) is 0 Å². The van der Waals surface area contributed by atoms with Gasteiger partial charge in [0.1, 0.15) is 0 Å². The summed E-state index contributed by atoms with van der Waals surface area (Å²) in [5.74, 6) is 0. The monoisotopic (exact) mass is 298 g/mol. The molecule has 0 aliphatic rings. The molecule has 0 atom stereocenters. The molecule has 0 radical (unpaired) electrons. The van der Waals surface area contributed by atoms with Crippen molar-refractivity contribution in [3.63, 3.8) is 0 Å². The van der Waals surface area contributed by atoms with E-state index in [1.54, 1.807) is 0 Å². The van der Waals surface area contributed by atoms with Crippen LogP contribution in [0.25, 0.3) is 0 Å². The zero-order chi connectivity index (χ0) is 4.50. The van der Waals surface area contributed by atoms with Gasteiger partial charge in [-0.1, -0.05) is 0 Å². The fourth-order valence-corrected chi connectivity index (χ4v) is 0. The van der Waals surface area contributed by atoms with Gasteiger partial charge in [0.25, 0.3) is 0 Å². The maximum absolute atomic E-state index is 8.88. The van der Waals surface area contributed by atoms with Crippen molar-refractivity contribution in [2.75, 3.05) is 0 Å². The predicted octanol–water partition coefficient (Wildman–Crippen LogP) is -2.83. The van der Waals surface area contributed by atoms with Crippen LogP contribution in [0.1, 0.15) is 0 Å². The molecule has 10 heteroatoms. The maximum Gasteiger partial charge on any atom is 2.00 e. The van der Waals surface area contributed by atoms with Crippen LogP contribution in [-0.2, 0) is 4.57 Å². The normalized spacial score (nSPS) is 5.90. The summed E-state index contributed by atoms with van der Waals surface area (Å²) in [5.41, 5.74) is 0. The van der Waals surface area contributed by atoms with Gasteiger partial charge in [-0.2, -0.15) is 0 Å². The van der Waals surface area contributed by atoms with Crippen LogP contribution in [0, 0.1) is 0 Å². The minimum absolute atomic E-state index is 0. The molecule has 0 aromatic carbocycles. The average Bonchev–Trinajstić information content (AvgIpc) is 0.722. The second-order valence-electron chi connectivity index (χ2n) is 0.513. The number of rotatable bonds is 0. The van der Waals surface area contributed by atoms with Crippen molar-refractivity contribution in [1.82, 2.24) is 0 Å². The summed E-state index contributed by atoms with van der Waals surface area (Å²) in [6.07, 6.45) is 0. The molecule has 0 saturated carbocycles. The second-order valence-corrected chi connectivity index (χ2v) is 1.54. The first-order valence-corrected chi connectivity index (χ1v) is 2.35. The Kier molecular flexibility index (Phi) is 74.7. The van der Waals surface area contributed by atoms with Crippen LogP contribution in [0.15, 0.2) is 0 Å². The minimum atomic E-state index is -4.64. The molecule has 0 bridgehead atoms. The molecular weight excluding hydrogens is 295 g/mol. The summed E-state index contributed by atoms with van der Waals surface area (Å²) < 4.78 is 8.88. The standard InChI is InChI=1S/5Ca.H3O4P/c;;;;;1-5(2,3)4/h;;;;;(H3,1,2,3,4)/q5*+2;. The van der Waals surface area contributed by atoms with E-state index in [2.05, 4.69) is 0 Å². The Morgan fingerprint density at radius 1 is 0.700 bits per heavy atom. The fourth-order valence-electron chi connectivity index (χ4n) is 0. The first kappa shape index (κ1) is 36.0. The molecular formula is H3Ca5O4P+10. The third-order valence-corrected chi connectivity index (χ3v) is 0. The van der Waals surface area contributed by atoms with Gasteiger partial charge in [0.05, 0.1) is 0 Å². The zero-order valence-electron chi connectivity index (χ0n) is 5.73. The largest absolute Gasteiger partial charge is 2.00 e. The average molecular weight is 298 g/mol. The first-order valence-electron chi connectivity index (χ1n) is 0.783. The number of hydrogen-bond donors (Lipinski definition) is 3. The molecule has 0 fully saturated rings. The Balaban J connectivity index is -0.00000000800. The Morgan fingerprint density at radius 3 is 0.700 bits per heavy atom. The second kappa shape index (κ2) is 20.8. The Labute approximate surface area is 209 Å². The van der Waals surface area contributed by atoms with Crippen LogP contribution in [0.5, 0.6) is 0 Å². The van der Waals surface area contributed by atoms with Gasteiger partial charge in [0, 0.05) is 0 Å². The molecule has 0 aliphatic carbocycles. The van der Waals surface area contributed by atoms with E-state index in [-0.39, 0.29) is 189 Å². The summed E-state index contributed by atoms with van der Waals surface area (Å²) in [4.78, 5) is 21.6. The van der Waals surface area contributed by atoms with E-state index in [1.165, 1.54) is 0 Å². The van der Waals surface area contributed by atoms with Gasteiger partial charge in [-0.15, -0.1) is 0 Å². The van der Waals surface area contributed by atoms with E-state index in [9.17, 15) is 0 Å². The molecule has 0 aromatic rings. The van der Waals surface area contributed by atoms with Gasteiger partial charge in [-0.05, 0) is 0 Å². The third kappa shape index (κ3) is 63.1. The molecule has 0 aromatic heterocycles. The van der Waals surface area contributed by atoms with Gasteiger partial charge < -0.3 is 14.7 Å². The molecule has 3 N–H and O–H groups in total. The SMILES string of the molecule is O=P(O)(O)O.[Ca+2].[Ca+2].[Ca+2].[Ca+2].[Ca+2]. The summed E-state index contributed by atoms with van der Waals surface area (Å²) in [5, 5.41) is 0. The van der Waals surface area contributed by atoms with Gasteiger partial charge in [-0.25, -0.2) is 4.57 Å². The first-order chi connectivity index (χ1) is 2.00. The molecule has 10 heavy (non-hydrogen) atoms. The van der Waals surface area contributed by atoms with Gasteiger partial charge in [0.15, 0.2) is 0 Å².